The van der Waals surface area contributed by atoms with Crippen molar-refractivity contribution < 1.29 is 19.2 Å². The monoisotopic (exact) mass is 517 g/mol. The standard InChI is InChI=1S/C21H13Cl2N5O5S/c22-14-7-15(23)9-16(8-14)26-20(30)13(10-24)5-12-6-17(28(31)32)1-2-18(12)33-11-19(29)27-21-25-3-4-34-21/h1-9H,11H2,(H,26,30)(H,25,27,29). The van der Waals surface area contributed by atoms with Gasteiger partial charge in [-0.05, 0) is 30.3 Å². The summed E-state index contributed by atoms with van der Waals surface area (Å²) in [4.78, 5) is 39.2. The Bertz CT molecular complexity index is 1300. The van der Waals surface area contributed by atoms with Crippen LogP contribution in [0.2, 0.25) is 10.0 Å². The minimum atomic E-state index is -0.806. The van der Waals surface area contributed by atoms with Crippen molar-refractivity contribution in [2.24, 2.45) is 0 Å². The number of hydrogen-bond donors (Lipinski definition) is 2. The average molecular weight is 518 g/mol. The maximum absolute atomic E-state index is 12.6. The Labute approximate surface area is 206 Å². The first-order valence-corrected chi connectivity index (χ1v) is 10.9. The second-order valence-corrected chi connectivity index (χ2v) is 8.20. The van der Waals surface area contributed by atoms with E-state index in [0.717, 1.165) is 12.1 Å². The van der Waals surface area contributed by atoms with Gasteiger partial charge in [-0.25, -0.2) is 4.98 Å². The van der Waals surface area contributed by atoms with Crippen molar-refractivity contribution in [1.29, 1.82) is 5.26 Å². The molecule has 34 heavy (non-hydrogen) atoms. The smallest absolute Gasteiger partial charge is 0.270 e. The number of carbonyl (C=O) groups excluding carboxylic acids is 2. The number of nitro benzene ring substituents is 1. The van der Waals surface area contributed by atoms with E-state index in [1.54, 1.807) is 11.4 Å². The number of non-ortho nitro benzene ring substituents is 1. The zero-order chi connectivity index (χ0) is 24.7. The Hall–Kier alpha value is -3.98. The number of benzene rings is 2. The molecule has 2 aromatic carbocycles. The van der Waals surface area contributed by atoms with Crippen LogP contribution in [0.4, 0.5) is 16.5 Å². The number of anilines is 2. The molecule has 13 heteroatoms. The molecule has 1 aromatic heterocycles. The van der Waals surface area contributed by atoms with Crippen molar-refractivity contribution in [3.8, 4) is 11.8 Å². The van der Waals surface area contributed by atoms with Crippen LogP contribution in [0, 0.1) is 21.4 Å². The second-order valence-electron chi connectivity index (χ2n) is 6.44. The number of amides is 2. The Morgan fingerprint density at radius 3 is 2.56 bits per heavy atom. The summed E-state index contributed by atoms with van der Waals surface area (Å²) in [5, 5.41) is 28.3. The second kappa shape index (κ2) is 11.2. The van der Waals surface area contributed by atoms with Crippen LogP contribution < -0.4 is 15.4 Å². The Balaban J connectivity index is 1.84. The maximum atomic E-state index is 12.6. The van der Waals surface area contributed by atoms with E-state index in [1.165, 1.54) is 47.9 Å². The molecule has 172 valence electrons. The van der Waals surface area contributed by atoms with Gasteiger partial charge in [0.2, 0.25) is 0 Å². The van der Waals surface area contributed by atoms with Gasteiger partial charge < -0.3 is 10.1 Å². The quantitative estimate of drug-likeness (QED) is 0.186. The minimum Gasteiger partial charge on any atom is -0.483 e. The van der Waals surface area contributed by atoms with Crippen LogP contribution in [0.3, 0.4) is 0 Å². The molecule has 1 heterocycles. The predicted octanol–water partition coefficient (Wildman–Crippen LogP) is 4.92. The van der Waals surface area contributed by atoms with E-state index in [2.05, 4.69) is 15.6 Å². The molecule has 0 aliphatic carbocycles. The Morgan fingerprint density at radius 1 is 1.21 bits per heavy atom. The molecule has 0 radical (unpaired) electrons. The fourth-order valence-corrected chi connectivity index (χ4v) is 3.68. The number of nitrogens with one attached hydrogen (secondary N) is 2. The molecule has 0 saturated carbocycles. The number of aromatic nitrogens is 1. The lowest BCUT2D eigenvalue weighted by Gasteiger charge is -2.10. The van der Waals surface area contributed by atoms with Gasteiger partial charge in [0.15, 0.2) is 11.7 Å². The molecule has 0 fully saturated rings. The van der Waals surface area contributed by atoms with E-state index < -0.39 is 23.3 Å². The van der Waals surface area contributed by atoms with E-state index >= 15 is 0 Å². The van der Waals surface area contributed by atoms with Crippen LogP contribution in [0.25, 0.3) is 6.08 Å². The van der Waals surface area contributed by atoms with E-state index in [0.29, 0.717) is 5.13 Å². The summed E-state index contributed by atoms with van der Waals surface area (Å²) < 4.78 is 5.48. The molecule has 0 aliphatic rings. The van der Waals surface area contributed by atoms with E-state index in [4.69, 9.17) is 27.9 Å². The molecule has 0 bridgehead atoms. The van der Waals surface area contributed by atoms with Crippen molar-refractivity contribution in [3.05, 3.63) is 79.3 Å². The molecule has 3 rings (SSSR count). The highest BCUT2D eigenvalue weighted by molar-refractivity contribution is 7.13. The van der Waals surface area contributed by atoms with Gasteiger partial charge >= 0.3 is 0 Å². The third-order valence-corrected chi connectivity index (χ3v) is 5.15. The summed E-state index contributed by atoms with van der Waals surface area (Å²) in [7, 11) is 0. The number of nitrogens with zero attached hydrogens (tertiary/aromatic N) is 3. The zero-order valence-electron chi connectivity index (χ0n) is 17.0. The number of thiazole rings is 1. The van der Waals surface area contributed by atoms with Gasteiger partial charge in [0.25, 0.3) is 17.5 Å². The molecular weight excluding hydrogens is 505 g/mol. The number of nitro groups is 1. The normalized spacial score (nSPS) is 10.8. The van der Waals surface area contributed by atoms with Gasteiger partial charge in [-0.2, -0.15) is 5.26 Å². The summed E-state index contributed by atoms with van der Waals surface area (Å²) in [6, 6.07) is 9.64. The number of halogens is 2. The zero-order valence-corrected chi connectivity index (χ0v) is 19.3. The van der Waals surface area contributed by atoms with E-state index in [-0.39, 0.29) is 38.3 Å². The molecule has 0 spiro atoms. The number of nitriles is 1. The summed E-state index contributed by atoms with van der Waals surface area (Å²) in [5.41, 5.74) is -0.385. The SMILES string of the molecule is N#CC(=Cc1cc([N+](=O)[O-])ccc1OCC(=O)Nc1nccs1)C(=O)Nc1cc(Cl)cc(Cl)c1. The van der Waals surface area contributed by atoms with E-state index in [1.807, 2.05) is 0 Å². The lowest BCUT2D eigenvalue weighted by molar-refractivity contribution is -0.384. The minimum absolute atomic E-state index is 0.0474. The van der Waals surface area contributed by atoms with Gasteiger partial charge in [-0.3, -0.25) is 25.0 Å². The molecule has 2 N–H and O–H groups in total. The Kier molecular flexibility index (Phi) is 8.15. The van der Waals surface area contributed by atoms with Crippen LogP contribution in [0.15, 0.2) is 53.5 Å². The van der Waals surface area contributed by atoms with E-state index in [9.17, 15) is 25.0 Å². The lowest BCUT2D eigenvalue weighted by Crippen LogP contribution is -2.20. The number of carbonyl (C=O) groups is 2. The van der Waals surface area contributed by atoms with Crippen LogP contribution in [-0.4, -0.2) is 28.3 Å². The summed E-state index contributed by atoms with van der Waals surface area (Å²) in [6.45, 7) is -0.437. The molecule has 0 atom stereocenters. The van der Waals surface area contributed by atoms with Crippen molar-refractivity contribution in [3.63, 3.8) is 0 Å². The van der Waals surface area contributed by atoms with Gasteiger partial charge in [0, 0.05) is 45.0 Å². The highest BCUT2D eigenvalue weighted by Gasteiger charge is 2.16. The van der Waals surface area contributed by atoms with Crippen LogP contribution in [-0.2, 0) is 9.59 Å². The molecular formula is C21H13Cl2N5O5S. The fraction of sp³-hybridized carbons (Fsp3) is 0.0476. The summed E-state index contributed by atoms with van der Waals surface area (Å²) >= 11 is 13.1. The van der Waals surface area contributed by atoms with Gasteiger partial charge in [-0.15, -0.1) is 11.3 Å². The largest absolute Gasteiger partial charge is 0.483 e. The van der Waals surface area contributed by atoms with Gasteiger partial charge in [0.1, 0.15) is 17.4 Å². The highest BCUT2D eigenvalue weighted by atomic mass is 35.5. The molecule has 10 nitrogen and oxygen atoms in total. The Morgan fingerprint density at radius 2 is 1.94 bits per heavy atom. The van der Waals surface area contributed by atoms with Crippen molar-refractivity contribution >= 4 is 68.9 Å². The molecule has 2 amide bonds. The molecule has 0 unspecified atom stereocenters. The summed E-state index contributed by atoms with van der Waals surface area (Å²) in [5.74, 6) is -1.27. The van der Waals surface area contributed by atoms with Gasteiger partial charge in [0.05, 0.1) is 4.92 Å². The number of hydrogen-bond acceptors (Lipinski definition) is 8. The van der Waals surface area contributed by atoms with Crippen molar-refractivity contribution in [2.45, 2.75) is 0 Å². The van der Waals surface area contributed by atoms with Gasteiger partial charge in [-0.1, -0.05) is 23.2 Å². The first-order chi connectivity index (χ1) is 16.2. The first kappa shape index (κ1) is 24.7. The highest BCUT2D eigenvalue weighted by Crippen LogP contribution is 2.28. The van der Waals surface area contributed by atoms with Crippen LogP contribution in [0.1, 0.15) is 5.56 Å². The van der Waals surface area contributed by atoms with Crippen LogP contribution >= 0.6 is 34.5 Å². The van der Waals surface area contributed by atoms with Crippen molar-refractivity contribution in [1.82, 2.24) is 4.98 Å². The average Bonchev–Trinajstić information content (AvgIpc) is 3.28. The van der Waals surface area contributed by atoms with Crippen LogP contribution in [0.5, 0.6) is 5.75 Å². The third kappa shape index (κ3) is 6.76. The maximum Gasteiger partial charge on any atom is 0.270 e. The third-order valence-electron chi connectivity index (χ3n) is 4.03. The summed E-state index contributed by atoms with van der Waals surface area (Å²) in [6.07, 6.45) is 2.63. The first-order valence-electron chi connectivity index (χ1n) is 9.25. The molecule has 0 saturated heterocycles. The molecule has 3 aromatic rings. The predicted molar refractivity (Wildman–Crippen MR) is 128 cm³/mol. The topological polar surface area (TPSA) is 147 Å². The number of ether oxygens (including phenoxy) is 1. The molecule has 0 aliphatic heterocycles. The number of rotatable bonds is 8. The fourth-order valence-electron chi connectivity index (χ4n) is 2.61. The van der Waals surface area contributed by atoms with Crippen molar-refractivity contribution in [2.75, 3.05) is 17.2 Å². The lowest BCUT2D eigenvalue weighted by atomic mass is 10.1.